The van der Waals surface area contributed by atoms with Crippen LogP contribution in [0.4, 0.5) is 0 Å². The SMILES string of the molecule is CCCCc1c(C(C)(C)C)n(C(C)C)[nH]c1=O. The van der Waals surface area contributed by atoms with E-state index in [1.165, 1.54) is 5.69 Å². The van der Waals surface area contributed by atoms with Crippen LogP contribution in [0.3, 0.4) is 0 Å². The summed E-state index contributed by atoms with van der Waals surface area (Å²) in [6.45, 7) is 12.9. The molecular weight excluding hydrogens is 212 g/mol. The van der Waals surface area contributed by atoms with Crippen LogP contribution in [0.5, 0.6) is 0 Å². The number of unbranched alkanes of at least 4 members (excludes halogenated alkanes) is 1. The molecule has 0 aliphatic carbocycles. The van der Waals surface area contributed by atoms with Crippen LogP contribution in [0.1, 0.15) is 71.7 Å². The number of rotatable bonds is 4. The van der Waals surface area contributed by atoms with Crippen LogP contribution in [0.15, 0.2) is 4.79 Å². The fraction of sp³-hybridized carbons (Fsp3) is 0.786. The molecule has 17 heavy (non-hydrogen) atoms. The number of hydrogen-bond donors (Lipinski definition) is 1. The lowest BCUT2D eigenvalue weighted by Crippen LogP contribution is -2.21. The molecule has 0 saturated carbocycles. The minimum Gasteiger partial charge on any atom is -0.286 e. The maximum absolute atomic E-state index is 12.0. The quantitative estimate of drug-likeness (QED) is 0.857. The van der Waals surface area contributed by atoms with E-state index in [9.17, 15) is 4.79 Å². The van der Waals surface area contributed by atoms with E-state index in [2.05, 4.69) is 46.6 Å². The first-order chi connectivity index (χ1) is 7.79. The molecule has 1 rings (SSSR count). The number of hydrogen-bond acceptors (Lipinski definition) is 1. The van der Waals surface area contributed by atoms with Crippen molar-refractivity contribution in [3.63, 3.8) is 0 Å². The van der Waals surface area contributed by atoms with Gasteiger partial charge in [0.2, 0.25) is 0 Å². The molecule has 0 fully saturated rings. The normalized spacial score (nSPS) is 12.4. The highest BCUT2D eigenvalue weighted by molar-refractivity contribution is 5.25. The van der Waals surface area contributed by atoms with Gasteiger partial charge in [0.1, 0.15) is 0 Å². The molecule has 0 aliphatic rings. The van der Waals surface area contributed by atoms with Crippen molar-refractivity contribution >= 4 is 0 Å². The van der Waals surface area contributed by atoms with Crippen LogP contribution < -0.4 is 5.56 Å². The van der Waals surface area contributed by atoms with Gasteiger partial charge >= 0.3 is 0 Å². The lowest BCUT2D eigenvalue weighted by Gasteiger charge is -2.24. The van der Waals surface area contributed by atoms with E-state index in [4.69, 9.17) is 0 Å². The number of H-pyrrole nitrogens is 1. The zero-order valence-corrected chi connectivity index (χ0v) is 12.1. The average molecular weight is 238 g/mol. The first kappa shape index (κ1) is 14.1. The molecule has 0 spiro atoms. The second-order valence-electron chi connectivity index (χ2n) is 6.09. The van der Waals surface area contributed by atoms with Crippen molar-refractivity contribution in [2.24, 2.45) is 0 Å². The molecule has 98 valence electrons. The standard InChI is InChI=1S/C14H26N2O/c1-7-8-9-11-12(14(4,5)6)16(10(2)3)15-13(11)17/h10H,7-9H2,1-6H3,(H,15,17). The predicted octanol–water partition coefficient (Wildman–Crippen LogP) is 3.40. The summed E-state index contributed by atoms with van der Waals surface area (Å²) in [5.74, 6) is 0. The molecule has 0 aromatic carbocycles. The molecule has 0 bridgehead atoms. The Labute approximate surface area is 104 Å². The summed E-state index contributed by atoms with van der Waals surface area (Å²) in [5.41, 5.74) is 2.25. The zero-order valence-electron chi connectivity index (χ0n) is 12.1. The van der Waals surface area contributed by atoms with Gasteiger partial charge < -0.3 is 0 Å². The van der Waals surface area contributed by atoms with Gasteiger partial charge in [-0.2, -0.15) is 0 Å². The highest BCUT2D eigenvalue weighted by Gasteiger charge is 2.26. The number of aromatic nitrogens is 2. The monoisotopic (exact) mass is 238 g/mol. The summed E-state index contributed by atoms with van der Waals surface area (Å²) < 4.78 is 2.04. The van der Waals surface area contributed by atoms with Crippen molar-refractivity contribution in [2.45, 2.75) is 72.3 Å². The van der Waals surface area contributed by atoms with Gasteiger partial charge in [0.15, 0.2) is 0 Å². The van der Waals surface area contributed by atoms with Crippen LogP contribution in [0.25, 0.3) is 0 Å². The van der Waals surface area contributed by atoms with E-state index in [0.717, 1.165) is 24.8 Å². The van der Waals surface area contributed by atoms with Crippen molar-refractivity contribution < 1.29 is 0 Å². The van der Waals surface area contributed by atoms with Crippen molar-refractivity contribution in [1.82, 2.24) is 9.78 Å². The van der Waals surface area contributed by atoms with E-state index in [-0.39, 0.29) is 11.0 Å². The number of nitrogens with one attached hydrogen (secondary N) is 1. The van der Waals surface area contributed by atoms with Crippen LogP contribution in [-0.2, 0) is 11.8 Å². The number of aromatic amines is 1. The van der Waals surface area contributed by atoms with Crippen molar-refractivity contribution in [3.8, 4) is 0 Å². The van der Waals surface area contributed by atoms with Gasteiger partial charge in [-0.15, -0.1) is 0 Å². The third-order valence-corrected chi connectivity index (χ3v) is 3.03. The molecule has 3 nitrogen and oxygen atoms in total. The Balaban J connectivity index is 3.32. The van der Waals surface area contributed by atoms with Gasteiger partial charge in [-0.3, -0.25) is 14.6 Å². The summed E-state index contributed by atoms with van der Waals surface area (Å²) >= 11 is 0. The molecule has 0 aliphatic heterocycles. The maximum Gasteiger partial charge on any atom is 0.267 e. The summed E-state index contributed by atoms with van der Waals surface area (Å²) in [7, 11) is 0. The van der Waals surface area contributed by atoms with Gasteiger partial charge in [-0.1, -0.05) is 34.1 Å². The van der Waals surface area contributed by atoms with Gasteiger partial charge in [-0.25, -0.2) is 0 Å². The first-order valence-electron chi connectivity index (χ1n) is 6.62. The summed E-state index contributed by atoms with van der Waals surface area (Å²) in [6.07, 6.45) is 3.09. The Bertz CT molecular complexity index is 418. The van der Waals surface area contributed by atoms with Gasteiger partial charge in [0, 0.05) is 22.7 Å². The fourth-order valence-corrected chi connectivity index (χ4v) is 2.27. The molecule has 0 atom stereocenters. The topological polar surface area (TPSA) is 37.8 Å². The van der Waals surface area contributed by atoms with E-state index in [1.807, 2.05) is 4.68 Å². The van der Waals surface area contributed by atoms with Gasteiger partial charge in [0.25, 0.3) is 5.56 Å². The lowest BCUT2D eigenvalue weighted by atomic mass is 9.87. The highest BCUT2D eigenvalue weighted by Crippen LogP contribution is 2.27. The van der Waals surface area contributed by atoms with Crippen LogP contribution in [0.2, 0.25) is 0 Å². The summed E-state index contributed by atoms with van der Waals surface area (Å²) in [6, 6.07) is 0.298. The van der Waals surface area contributed by atoms with Crippen LogP contribution in [-0.4, -0.2) is 9.78 Å². The largest absolute Gasteiger partial charge is 0.286 e. The molecule has 0 radical (unpaired) electrons. The van der Waals surface area contributed by atoms with Crippen molar-refractivity contribution in [1.29, 1.82) is 0 Å². The van der Waals surface area contributed by atoms with Crippen LogP contribution in [0, 0.1) is 0 Å². The Morgan fingerprint density at radius 3 is 2.29 bits per heavy atom. The smallest absolute Gasteiger partial charge is 0.267 e. The lowest BCUT2D eigenvalue weighted by molar-refractivity contribution is 0.442. The first-order valence-corrected chi connectivity index (χ1v) is 6.62. The second kappa shape index (κ2) is 5.11. The number of nitrogens with zero attached hydrogens (tertiary/aromatic N) is 1. The molecule has 1 aromatic rings. The molecule has 1 N–H and O–H groups in total. The summed E-state index contributed by atoms with van der Waals surface area (Å²) in [4.78, 5) is 12.0. The van der Waals surface area contributed by atoms with Crippen molar-refractivity contribution in [3.05, 3.63) is 21.6 Å². The van der Waals surface area contributed by atoms with Gasteiger partial charge in [-0.05, 0) is 26.7 Å². The van der Waals surface area contributed by atoms with E-state index < -0.39 is 0 Å². The second-order valence-corrected chi connectivity index (χ2v) is 6.09. The Kier molecular flexibility index (Phi) is 4.23. The predicted molar refractivity (Wildman–Crippen MR) is 72.7 cm³/mol. The summed E-state index contributed by atoms with van der Waals surface area (Å²) in [5, 5.41) is 2.99. The van der Waals surface area contributed by atoms with Crippen molar-refractivity contribution in [2.75, 3.05) is 0 Å². The molecule has 0 unspecified atom stereocenters. The van der Waals surface area contributed by atoms with E-state index in [0.29, 0.717) is 6.04 Å². The maximum atomic E-state index is 12.0. The van der Waals surface area contributed by atoms with Crippen LogP contribution >= 0.6 is 0 Å². The van der Waals surface area contributed by atoms with Gasteiger partial charge in [0.05, 0.1) is 0 Å². The molecule has 0 amide bonds. The minimum absolute atomic E-state index is 0.00645. The molecular formula is C14H26N2O. The Morgan fingerprint density at radius 2 is 1.88 bits per heavy atom. The third-order valence-electron chi connectivity index (χ3n) is 3.03. The fourth-order valence-electron chi connectivity index (χ4n) is 2.27. The molecule has 0 saturated heterocycles. The zero-order chi connectivity index (χ0) is 13.2. The van der Waals surface area contributed by atoms with E-state index >= 15 is 0 Å². The molecule has 1 heterocycles. The molecule has 1 aromatic heterocycles. The highest BCUT2D eigenvalue weighted by atomic mass is 16.1. The minimum atomic E-state index is 0.00645. The Morgan fingerprint density at radius 1 is 1.29 bits per heavy atom. The Hall–Kier alpha value is -0.990. The average Bonchev–Trinajstić information content (AvgIpc) is 2.52. The third kappa shape index (κ3) is 3.02. The molecule has 3 heteroatoms. The van der Waals surface area contributed by atoms with E-state index in [1.54, 1.807) is 0 Å².